The summed E-state index contributed by atoms with van der Waals surface area (Å²) in [7, 11) is -1.86. The molecule has 1 N–H and O–H groups in total. The van der Waals surface area contributed by atoms with Gasteiger partial charge in [0.15, 0.2) is 0 Å². The zero-order chi connectivity index (χ0) is 11.6. The number of anilines is 1. The van der Waals surface area contributed by atoms with Crippen LogP contribution in [0.4, 0.5) is 5.69 Å². The average Bonchev–Trinajstić information content (AvgIpc) is 2.66. The van der Waals surface area contributed by atoms with Gasteiger partial charge >= 0.3 is 0 Å². The molecule has 1 heterocycles. The van der Waals surface area contributed by atoms with Crippen LogP contribution in [0.2, 0.25) is 0 Å². The standard InChI is InChI=1S/C10H11N3O2S/c1-13-8-10(7-11-13)16(14,15)12-9-5-3-2-4-6-9/h2-8,12H,1H3. The largest absolute Gasteiger partial charge is 0.280 e. The lowest BCUT2D eigenvalue weighted by atomic mass is 10.3. The Balaban J connectivity index is 2.28. The highest BCUT2D eigenvalue weighted by molar-refractivity contribution is 7.92. The summed E-state index contributed by atoms with van der Waals surface area (Å²) < 4.78 is 27.6. The number of rotatable bonds is 3. The van der Waals surface area contributed by atoms with Crippen LogP contribution in [0.3, 0.4) is 0 Å². The van der Waals surface area contributed by atoms with Crippen LogP contribution >= 0.6 is 0 Å². The molecular formula is C10H11N3O2S. The van der Waals surface area contributed by atoms with Crippen molar-refractivity contribution in [2.75, 3.05) is 4.72 Å². The molecule has 16 heavy (non-hydrogen) atoms. The Morgan fingerprint density at radius 3 is 2.50 bits per heavy atom. The molecular weight excluding hydrogens is 226 g/mol. The molecule has 0 radical (unpaired) electrons. The molecule has 6 heteroatoms. The van der Waals surface area contributed by atoms with E-state index in [-0.39, 0.29) is 4.90 Å². The van der Waals surface area contributed by atoms with Crippen LogP contribution in [0, 0.1) is 0 Å². The van der Waals surface area contributed by atoms with E-state index in [1.807, 2.05) is 6.07 Å². The van der Waals surface area contributed by atoms with Crippen molar-refractivity contribution in [1.29, 1.82) is 0 Å². The molecule has 1 aromatic heterocycles. The number of hydrogen-bond donors (Lipinski definition) is 1. The fraction of sp³-hybridized carbons (Fsp3) is 0.100. The molecule has 0 bridgehead atoms. The number of aryl methyl sites for hydroxylation is 1. The second kappa shape index (κ2) is 3.97. The Kier molecular flexibility index (Phi) is 2.66. The summed E-state index contributed by atoms with van der Waals surface area (Å²) in [5.74, 6) is 0. The lowest BCUT2D eigenvalue weighted by Gasteiger charge is -2.04. The molecule has 5 nitrogen and oxygen atoms in total. The van der Waals surface area contributed by atoms with E-state index >= 15 is 0 Å². The fourth-order valence-electron chi connectivity index (χ4n) is 1.26. The maximum Gasteiger partial charge on any atom is 0.265 e. The van der Waals surface area contributed by atoms with Crippen LogP contribution in [-0.2, 0) is 17.1 Å². The summed E-state index contributed by atoms with van der Waals surface area (Å²) in [6.45, 7) is 0. The lowest BCUT2D eigenvalue weighted by molar-refractivity contribution is 0.601. The van der Waals surface area contributed by atoms with Crippen molar-refractivity contribution in [2.45, 2.75) is 4.90 Å². The topological polar surface area (TPSA) is 64.0 Å². The Bertz CT molecular complexity index is 575. The highest BCUT2D eigenvalue weighted by atomic mass is 32.2. The molecule has 1 aromatic carbocycles. The van der Waals surface area contributed by atoms with Crippen molar-refractivity contribution < 1.29 is 8.42 Å². The van der Waals surface area contributed by atoms with Crippen LogP contribution < -0.4 is 4.72 Å². The van der Waals surface area contributed by atoms with Gasteiger partial charge in [0.1, 0.15) is 4.90 Å². The van der Waals surface area contributed by atoms with Gasteiger partial charge in [0.25, 0.3) is 10.0 Å². The van der Waals surface area contributed by atoms with Crippen molar-refractivity contribution in [3.63, 3.8) is 0 Å². The van der Waals surface area contributed by atoms with Crippen LogP contribution in [0.15, 0.2) is 47.6 Å². The van der Waals surface area contributed by atoms with E-state index < -0.39 is 10.0 Å². The minimum atomic E-state index is -3.53. The normalized spacial score (nSPS) is 11.3. The molecule has 0 spiro atoms. The second-order valence-electron chi connectivity index (χ2n) is 3.32. The number of hydrogen-bond acceptors (Lipinski definition) is 3. The number of para-hydroxylation sites is 1. The van der Waals surface area contributed by atoms with E-state index in [4.69, 9.17) is 0 Å². The third-order valence-corrected chi connectivity index (χ3v) is 3.35. The maximum absolute atomic E-state index is 11.9. The van der Waals surface area contributed by atoms with Gasteiger partial charge < -0.3 is 0 Å². The first kappa shape index (κ1) is 10.7. The first-order valence-electron chi connectivity index (χ1n) is 4.64. The minimum Gasteiger partial charge on any atom is -0.280 e. The first-order chi connectivity index (χ1) is 7.58. The molecule has 0 saturated carbocycles. The van der Waals surface area contributed by atoms with Crippen LogP contribution in [0.5, 0.6) is 0 Å². The van der Waals surface area contributed by atoms with Gasteiger partial charge in [-0.3, -0.25) is 9.40 Å². The van der Waals surface area contributed by atoms with Gasteiger partial charge in [-0.15, -0.1) is 0 Å². The van der Waals surface area contributed by atoms with E-state index in [1.165, 1.54) is 17.1 Å². The minimum absolute atomic E-state index is 0.152. The Morgan fingerprint density at radius 2 is 1.94 bits per heavy atom. The molecule has 0 saturated heterocycles. The smallest absolute Gasteiger partial charge is 0.265 e. The number of sulfonamides is 1. The van der Waals surface area contributed by atoms with Crippen molar-refractivity contribution in [3.8, 4) is 0 Å². The third kappa shape index (κ3) is 2.22. The summed E-state index contributed by atoms with van der Waals surface area (Å²) in [6.07, 6.45) is 2.76. The van der Waals surface area contributed by atoms with Gasteiger partial charge in [0, 0.05) is 18.9 Å². The molecule has 0 aliphatic heterocycles. The Morgan fingerprint density at radius 1 is 1.25 bits per heavy atom. The van der Waals surface area contributed by atoms with Crippen molar-refractivity contribution in [2.24, 2.45) is 7.05 Å². The van der Waals surface area contributed by atoms with E-state index in [1.54, 1.807) is 31.3 Å². The predicted octanol–water partition coefficient (Wildman–Crippen LogP) is 1.22. The monoisotopic (exact) mass is 237 g/mol. The zero-order valence-electron chi connectivity index (χ0n) is 8.66. The van der Waals surface area contributed by atoms with E-state index in [0.29, 0.717) is 5.69 Å². The number of benzene rings is 1. The third-order valence-electron chi connectivity index (χ3n) is 2.02. The zero-order valence-corrected chi connectivity index (χ0v) is 9.48. The molecule has 0 atom stereocenters. The van der Waals surface area contributed by atoms with E-state index in [0.717, 1.165) is 0 Å². The number of nitrogens with one attached hydrogen (secondary N) is 1. The van der Waals surface area contributed by atoms with Gasteiger partial charge in [-0.1, -0.05) is 18.2 Å². The van der Waals surface area contributed by atoms with Crippen LogP contribution in [0.1, 0.15) is 0 Å². The van der Waals surface area contributed by atoms with Gasteiger partial charge in [0.05, 0.1) is 6.20 Å². The summed E-state index contributed by atoms with van der Waals surface area (Å²) >= 11 is 0. The number of aromatic nitrogens is 2. The highest BCUT2D eigenvalue weighted by Gasteiger charge is 2.15. The van der Waals surface area contributed by atoms with Crippen LogP contribution in [0.25, 0.3) is 0 Å². The summed E-state index contributed by atoms with van der Waals surface area (Å²) in [6, 6.07) is 8.73. The molecule has 0 unspecified atom stereocenters. The summed E-state index contributed by atoms with van der Waals surface area (Å²) in [4.78, 5) is 0.152. The quantitative estimate of drug-likeness (QED) is 0.873. The highest BCUT2D eigenvalue weighted by Crippen LogP contribution is 2.14. The van der Waals surface area contributed by atoms with Gasteiger partial charge in [-0.05, 0) is 12.1 Å². The number of nitrogens with zero attached hydrogens (tertiary/aromatic N) is 2. The van der Waals surface area contributed by atoms with Crippen molar-refractivity contribution in [1.82, 2.24) is 9.78 Å². The Labute approximate surface area is 93.8 Å². The average molecular weight is 237 g/mol. The van der Waals surface area contributed by atoms with Crippen molar-refractivity contribution >= 4 is 15.7 Å². The fourth-order valence-corrected chi connectivity index (χ4v) is 2.30. The van der Waals surface area contributed by atoms with Crippen LogP contribution in [-0.4, -0.2) is 18.2 Å². The molecule has 2 rings (SSSR count). The van der Waals surface area contributed by atoms with Gasteiger partial charge in [0.2, 0.25) is 0 Å². The van der Waals surface area contributed by atoms with Crippen molar-refractivity contribution in [3.05, 3.63) is 42.7 Å². The molecule has 0 aliphatic rings. The SMILES string of the molecule is Cn1cc(S(=O)(=O)Nc2ccccc2)cn1. The summed E-state index contributed by atoms with van der Waals surface area (Å²) in [5.41, 5.74) is 0.534. The molecule has 0 amide bonds. The second-order valence-corrected chi connectivity index (χ2v) is 5.00. The summed E-state index contributed by atoms with van der Waals surface area (Å²) in [5, 5.41) is 3.82. The first-order valence-corrected chi connectivity index (χ1v) is 6.13. The van der Waals surface area contributed by atoms with Gasteiger partial charge in [-0.25, -0.2) is 8.42 Å². The molecule has 2 aromatic rings. The molecule has 0 fully saturated rings. The lowest BCUT2D eigenvalue weighted by Crippen LogP contribution is -2.12. The maximum atomic E-state index is 11.9. The van der Waals surface area contributed by atoms with Gasteiger partial charge in [-0.2, -0.15) is 5.10 Å². The van der Waals surface area contributed by atoms with E-state index in [2.05, 4.69) is 9.82 Å². The Hall–Kier alpha value is -1.82. The predicted molar refractivity (Wildman–Crippen MR) is 60.5 cm³/mol. The van der Waals surface area contributed by atoms with E-state index in [9.17, 15) is 8.42 Å². The molecule has 0 aliphatic carbocycles. The molecule has 84 valence electrons.